The predicted molar refractivity (Wildman–Crippen MR) is 120 cm³/mol. The molecule has 2 saturated heterocycles. The van der Waals surface area contributed by atoms with Crippen molar-refractivity contribution in [1.29, 1.82) is 0 Å². The van der Waals surface area contributed by atoms with Crippen LogP contribution in [0, 0.1) is 0 Å². The average molecular weight is 447 g/mol. The zero-order valence-electron chi connectivity index (χ0n) is 19.2. The first-order valence-electron chi connectivity index (χ1n) is 11.3. The van der Waals surface area contributed by atoms with Gasteiger partial charge < -0.3 is 20.1 Å². The van der Waals surface area contributed by atoms with Gasteiger partial charge in [-0.25, -0.2) is 4.79 Å². The van der Waals surface area contributed by atoms with Gasteiger partial charge in [-0.05, 0) is 56.5 Å². The molecule has 176 valence electrons. The Hall–Kier alpha value is -2.81. The van der Waals surface area contributed by atoms with Crippen LogP contribution in [0.15, 0.2) is 18.2 Å². The average Bonchev–Trinajstić information content (AvgIpc) is 3.37. The van der Waals surface area contributed by atoms with Gasteiger partial charge in [0.25, 0.3) is 5.91 Å². The van der Waals surface area contributed by atoms with Crippen LogP contribution in [-0.2, 0) is 16.0 Å². The topological polar surface area (TPSA) is 100 Å². The Bertz CT molecular complexity index is 831. The van der Waals surface area contributed by atoms with Crippen molar-refractivity contribution in [2.75, 3.05) is 40.4 Å². The number of carbonyl (C=O) groups is 3. The minimum absolute atomic E-state index is 0.0845. The van der Waals surface area contributed by atoms with E-state index in [9.17, 15) is 14.4 Å². The first-order valence-corrected chi connectivity index (χ1v) is 11.3. The zero-order chi connectivity index (χ0) is 23.1. The van der Waals surface area contributed by atoms with Crippen molar-refractivity contribution in [2.45, 2.75) is 51.1 Å². The molecule has 2 atom stereocenters. The third-order valence-corrected chi connectivity index (χ3v) is 6.28. The maximum Gasteiger partial charge on any atom is 0.324 e. The minimum atomic E-state index is -0.655. The lowest BCUT2D eigenvalue weighted by molar-refractivity contribution is -0.127. The van der Waals surface area contributed by atoms with Crippen LogP contribution in [0.2, 0.25) is 0 Å². The van der Waals surface area contributed by atoms with Crippen molar-refractivity contribution in [2.24, 2.45) is 0 Å². The van der Waals surface area contributed by atoms with Crippen molar-refractivity contribution >= 4 is 17.8 Å². The van der Waals surface area contributed by atoms with Gasteiger partial charge in [0.1, 0.15) is 6.04 Å². The van der Waals surface area contributed by atoms with E-state index in [0.717, 1.165) is 31.5 Å². The van der Waals surface area contributed by atoms with Gasteiger partial charge in [0, 0.05) is 25.6 Å². The fourth-order valence-electron chi connectivity index (χ4n) is 4.40. The molecule has 0 aromatic heterocycles. The van der Waals surface area contributed by atoms with E-state index in [1.54, 1.807) is 20.3 Å². The minimum Gasteiger partial charge on any atom is -0.493 e. The maximum absolute atomic E-state index is 12.7. The third-order valence-electron chi connectivity index (χ3n) is 6.28. The first kappa shape index (κ1) is 23.8. The van der Waals surface area contributed by atoms with E-state index < -0.39 is 12.1 Å². The van der Waals surface area contributed by atoms with Crippen LogP contribution in [0.1, 0.15) is 38.2 Å². The molecule has 0 radical (unpaired) electrons. The number of nitrogens with zero attached hydrogens (tertiary/aromatic N) is 2. The number of imide groups is 1. The Morgan fingerprint density at radius 1 is 1.22 bits per heavy atom. The number of benzene rings is 1. The number of nitrogens with one attached hydrogen (secondary N) is 2. The molecule has 0 aliphatic carbocycles. The molecule has 2 fully saturated rings. The molecule has 1 aromatic carbocycles. The van der Waals surface area contributed by atoms with E-state index in [4.69, 9.17) is 9.47 Å². The van der Waals surface area contributed by atoms with Gasteiger partial charge in [-0.1, -0.05) is 13.0 Å². The lowest BCUT2D eigenvalue weighted by Crippen LogP contribution is -2.40. The summed E-state index contributed by atoms with van der Waals surface area (Å²) < 4.78 is 10.5. The summed E-state index contributed by atoms with van der Waals surface area (Å²) in [5.41, 5.74) is 0.930. The molecule has 4 amide bonds. The molecule has 1 aromatic rings. The molecule has 9 nitrogen and oxygen atoms in total. The SMILES string of the molecule is CCN1CCCC1CNC(=O)CC[C@@H]1NC(=O)N(CCc2ccc(OC)c(OC)c2)C1=O. The van der Waals surface area contributed by atoms with E-state index in [1.165, 1.54) is 4.90 Å². The monoisotopic (exact) mass is 446 g/mol. The standard InChI is InChI=1S/C23H34N4O5/c1-4-26-12-5-6-17(26)15-24-21(28)10-8-18-22(29)27(23(30)25-18)13-11-16-7-9-19(31-2)20(14-16)32-3/h7,9,14,17-18H,4-6,8,10-13,15H2,1-3H3,(H,24,28)(H,25,30)/t17?,18-/m0/s1. The largest absolute Gasteiger partial charge is 0.493 e. The predicted octanol–water partition coefficient (Wildman–Crippen LogP) is 1.55. The Balaban J connectivity index is 1.44. The molecule has 32 heavy (non-hydrogen) atoms. The summed E-state index contributed by atoms with van der Waals surface area (Å²) in [5.74, 6) is 0.862. The second kappa shape index (κ2) is 11.2. The summed E-state index contributed by atoms with van der Waals surface area (Å²) in [5, 5.41) is 5.68. The van der Waals surface area contributed by atoms with Gasteiger partial charge in [0.15, 0.2) is 11.5 Å². The summed E-state index contributed by atoms with van der Waals surface area (Å²) in [7, 11) is 3.13. The fraction of sp³-hybridized carbons (Fsp3) is 0.609. The summed E-state index contributed by atoms with van der Waals surface area (Å²) in [4.78, 5) is 40.8. The number of methoxy groups -OCH3 is 2. The fourth-order valence-corrected chi connectivity index (χ4v) is 4.40. The molecule has 0 bridgehead atoms. The Morgan fingerprint density at radius 2 is 2.00 bits per heavy atom. The number of urea groups is 1. The van der Waals surface area contributed by atoms with E-state index in [0.29, 0.717) is 36.9 Å². The number of hydrogen-bond acceptors (Lipinski definition) is 6. The van der Waals surface area contributed by atoms with E-state index >= 15 is 0 Å². The second-order valence-corrected chi connectivity index (χ2v) is 8.20. The Kier molecular flexibility index (Phi) is 8.33. The number of carbonyl (C=O) groups excluding carboxylic acids is 3. The highest BCUT2D eigenvalue weighted by atomic mass is 16.5. The Morgan fingerprint density at radius 3 is 2.72 bits per heavy atom. The summed E-state index contributed by atoms with van der Waals surface area (Å²) in [6, 6.07) is 4.84. The highest BCUT2D eigenvalue weighted by Crippen LogP contribution is 2.28. The lowest BCUT2D eigenvalue weighted by Gasteiger charge is -2.22. The van der Waals surface area contributed by atoms with Gasteiger partial charge in [-0.15, -0.1) is 0 Å². The van der Waals surface area contributed by atoms with E-state index in [1.807, 2.05) is 12.1 Å². The molecule has 1 unspecified atom stereocenters. The van der Waals surface area contributed by atoms with E-state index in [-0.39, 0.29) is 24.8 Å². The highest BCUT2D eigenvalue weighted by molar-refractivity contribution is 6.04. The Labute approximate surface area is 189 Å². The summed E-state index contributed by atoms with van der Waals surface area (Å²) >= 11 is 0. The smallest absolute Gasteiger partial charge is 0.324 e. The van der Waals surface area contributed by atoms with Crippen molar-refractivity contribution in [3.63, 3.8) is 0 Å². The van der Waals surface area contributed by atoms with E-state index in [2.05, 4.69) is 22.5 Å². The lowest BCUT2D eigenvalue weighted by atomic mass is 10.1. The number of ether oxygens (including phenoxy) is 2. The molecule has 0 spiro atoms. The zero-order valence-corrected chi connectivity index (χ0v) is 19.2. The maximum atomic E-state index is 12.7. The summed E-state index contributed by atoms with van der Waals surface area (Å²) in [6.07, 6.45) is 3.27. The van der Waals surface area contributed by atoms with Gasteiger partial charge in [0.05, 0.1) is 14.2 Å². The second-order valence-electron chi connectivity index (χ2n) is 8.20. The van der Waals surface area contributed by atoms with Crippen LogP contribution in [0.4, 0.5) is 4.79 Å². The number of hydrogen-bond donors (Lipinski definition) is 2. The first-order chi connectivity index (χ1) is 15.5. The van der Waals surface area contributed by atoms with Crippen molar-refractivity contribution in [3.8, 4) is 11.5 Å². The molecule has 9 heteroatoms. The normalized spacial score (nSPS) is 21.0. The van der Waals surface area contributed by atoms with Crippen LogP contribution in [0.25, 0.3) is 0 Å². The van der Waals surface area contributed by atoms with Crippen molar-refractivity contribution in [3.05, 3.63) is 23.8 Å². The molecule has 2 N–H and O–H groups in total. The number of likely N-dealkylation sites (N-methyl/N-ethyl adjacent to an activating group) is 1. The van der Waals surface area contributed by atoms with Crippen molar-refractivity contribution < 1.29 is 23.9 Å². The molecule has 2 aliphatic heterocycles. The van der Waals surface area contributed by atoms with Crippen LogP contribution < -0.4 is 20.1 Å². The van der Waals surface area contributed by atoms with Crippen LogP contribution >= 0.6 is 0 Å². The molecule has 2 aliphatic rings. The van der Waals surface area contributed by atoms with Gasteiger partial charge >= 0.3 is 6.03 Å². The number of rotatable bonds is 11. The third kappa shape index (κ3) is 5.70. The molecular formula is C23H34N4O5. The highest BCUT2D eigenvalue weighted by Gasteiger charge is 2.37. The summed E-state index contributed by atoms with van der Waals surface area (Å²) in [6.45, 7) is 5.10. The van der Waals surface area contributed by atoms with Crippen LogP contribution in [0.5, 0.6) is 11.5 Å². The van der Waals surface area contributed by atoms with Crippen molar-refractivity contribution in [1.82, 2.24) is 20.4 Å². The quantitative estimate of drug-likeness (QED) is 0.500. The number of likely N-dealkylation sites (tertiary alicyclic amines) is 1. The van der Waals surface area contributed by atoms with Gasteiger partial charge in [0.2, 0.25) is 5.91 Å². The van der Waals surface area contributed by atoms with Gasteiger partial charge in [-0.2, -0.15) is 0 Å². The van der Waals surface area contributed by atoms with Crippen LogP contribution in [-0.4, -0.2) is 80.1 Å². The molecule has 0 saturated carbocycles. The van der Waals surface area contributed by atoms with Gasteiger partial charge in [-0.3, -0.25) is 19.4 Å². The molecule has 2 heterocycles. The molecular weight excluding hydrogens is 412 g/mol. The molecule has 3 rings (SSSR count). The van der Waals surface area contributed by atoms with Crippen LogP contribution in [0.3, 0.4) is 0 Å². The number of amides is 4.